The highest BCUT2D eigenvalue weighted by atomic mass is 35.5. The van der Waals surface area contributed by atoms with Crippen LogP contribution in [0, 0.1) is 0 Å². The van der Waals surface area contributed by atoms with Crippen LogP contribution in [0.3, 0.4) is 0 Å². The molecule has 1 aromatic rings. The SMILES string of the molecule is CCC(CC(N)=NO)NC(=O)c1cccc(Cl)c1Cl. The Morgan fingerprint density at radius 2 is 2.21 bits per heavy atom. The van der Waals surface area contributed by atoms with Gasteiger partial charge in [-0.15, -0.1) is 0 Å². The summed E-state index contributed by atoms with van der Waals surface area (Å²) in [7, 11) is 0. The van der Waals surface area contributed by atoms with Crippen LogP contribution < -0.4 is 11.1 Å². The first-order chi connectivity index (χ1) is 8.99. The van der Waals surface area contributed by atoms with Gasteiger partial charge in [-0.05, 0) is 18.6 Å². The van der Waals surface area contributed by atoms with Crippen LogP contribution in [-0.2, 0) is 0 Å². The Morgan fingerprint density at radius 1 is 1.53 bits per heavy atom. The molecule has 0 bridgehead atoms. The summed E-state index contributed by atoms with van der Waals surface area (Å²) in [5, 5.41) is 14.7. The maximum atomic E-state index is 12.1. The Morgan fingerprint density at radius 3 is 2.79 bits per heavy atom. The topological polar surface area (TPSA) is 87.7 Å². The van der Waals surface area contributed by atoms with Gasteiger partial charge in [0.15, 0.2) is 0 Å². The molecule has 1 amide bonds. The highest BCUT2D eigenvalue weighted by Gasteiger charge is 2.17. The Kier molecular flexibility index (Phi) is 5.92. The third-order valence-electron chi connectivity index (χ3n) is 2.61. The molecule has 0 saturated heterocycles. The lowest BCUT2D eigenvalue weighted by molar-refractivity contribution is 0.0937. The van der Waals surface area contributed by atoms with E-state index in [0.717, 1.165) is 0 Å². The standard InChI is InChI=1S/C12H15Cl2N3O2/c1-2-7(6-10(15)17-19)16-12(18)8-4-3-5-9(13)11(8)14/h3-5,7,19H,2,6H2,1H3,(H2,15,17)(H,16,18). The molecule has 0 heterocycles. The fourth-order valence-corrected chi connectivity index (χ4v) is 1.92. The Labute approximate surface area is 121 Å². The number of hydrogen-bond acceptors (Lipinski definition) is 3. The molecule has 1 atom stereocenters. The Balaban J connectivity index is 2.80. The quantitative estimate of drug-likeness (QED) is 0.338. The summed E-state index contributed by atoms with van der Waals surface area (Å²) < 4.78 is 0. The molecule has 0 aromatic heterocycles. The lowest BCUT2D eigenvalue weighted by atomic mass is 10.1. The molecule has 0 saturated carbocycles. The zero-order chi connectivity index (χ0) is 14.4. The second-order valence-corrected chi connectivity index (χ2v) is 4.76. The van der Waals surface area contributed by atoms with Crippen LogP contribution in [-0.4, -0.2) is 23.0 Å². The average molecular weight is 304 g/mol. The molecule has 0 aliphatic rings. The van der Waals surface area contributed by atoms with Crippen molar-refractivity contribution in [2.24, 2.45) is 10.9 Å². The summed E-state index contributed by atoms with van der Waals surface area (Å²) in [5.74, 6) is -0.283. The zero-order valence-electron chi connectivity index (χ0n) is 10.4. The normalized spacial score (nSPS) is 13.1. The fourth-order valence-electron chi connectivity index (χ4n) is 1.53. The van der Waals surface area contributed by atoms with Crippen molar-refractivity contribution in [2.45, 2.75) is 25.8 Å². The van der Waals surface area contributed by atoms with E-state index in [1.807, 2.05) is 6.92 Å². The predicted octanol–water partition coefficient (Wildman–Crippen LogP) is 2.64. The summed E-state index contributed by atoms with van der Waals surface area (Å²) in [5.41, 5.74) is 5.72. The van der Waals surface area contributed by atoms with Gasteiger partial charge in [-0.2, -0.15) is 0 Å². The molecule has 19 heavy (non-hydrogen) atoms. The second kappa shape index (κ2) is 7.21. The molecule has 0 radical (unpaired) electrons. The lowest BCUT2D eigenvalue weighted by Gasteiger charge is -2.16. The minimum atomic E-state index is -0.343. The summed E-state index contributed by atoms with van der Waals surface area (Å²) in [4.78, 5) is 12.1. The van der Waals surface area contributed by atoms with Crippen molar-refractivity contribution >= 4 is 34.9 Å². The number of amides is 1. The molecule has 4 N–H and O–H groups in total. The number of oxime groups is 1. The van der Waals surface area contributed by atoms with Gasteiger partial charge in [0, 0.05) is 12.5 Å². The van der Waals surface area contributed by atoms with E-state index < -0.39 is 0 Å². The van der Waals surface area contributed by atoms with Crippen molar-refractivity contribution in [2.75, 3.05) is 0 Å². The number of carbonyl (C=O) groups is 1. The maximum Gasteiger partial charge on any atom is 0.253 e. The van der Waals surface area contributed by atoms with Crippen molar-refractivity contribution in [1.29, 1.82) is 0 Å². The van der Waals surface area contributed by atoms with Gasteiger partial charge in [-0.25, -0.2) is 0 Å². The van der Waals surface area contributed by atoms with Gasteiger partial charge in [0.2, 0.25) is 0 Å². The minimum Gasteiger partial charge on any atom is -0.409 e. The second-order valence-electron chi connectivity index (χ2n) is 3.98. The van der Waals surface area contributed by atoms with Gasteiger partial charge < -0.3 is 16.3 Å². The third-order valence-corrected chi connectivity index (χ3v) is 3.43. The van der Waals surface area contributed by atoms with E-state index >= 15 is 0 Å². The number of nitrogens with two attached hydrogens (primary N) is 1. The van der Waals surface area contributed by atoms with Crippen LogP contribution in [0.4, 0.5) is 0 Å². The van der Waals surface area contributed by atoms with Crippen LogP contribution in [0.2, 0.25) is 10.0 Å². The van der Waals surface area contributed by atoms with Crippen molar-refractivity contribution in [3.05, 3.63) is 33.8 Å². The highest BCUT2D eigenvalue weighted by molar-refractivity contribution is 6.43. The van der Waals surface area contributed by atoms with Crippen LogP contribution in [0.1, 0.15) is 30.1 Å². The number of nitrogens with one attached hydrogen (secondary N) is 1. The van der Waals surface area contributed by atoms with Gasteiger partial charge >= 0.3 is 0 Å². The zero-order valence-corrected chi connectivity index (χ0v) is 11.9. The van der Waals surface area contributed by atoms with Crippen LogP contribution in [0.15, 0.2) is 23.4 Å². The van der Waals surface area contributed by atoms with Gasteiger partial charge in [0.1, 0.15) is 5.84 Å². The monoisotopic (exact) mass is 303 g/mol. The van der Waals surface area contributed by atoms with Crippen molar-refractivity contribution < 1.29 is 10.0 Å². The number of nitrogens with zero attached hydrogens (tertiary/aromatic N) is 1. The predicted molar refractivity (Wildman–Crippen MR) is 76.0 cm³/mol. The van der Waals surface area contributed by atoms with Gasteiger partial charge in [-0.1, -0.05) is 41.3 Å². The highest BCUT2D eigenvalue weighted by Crippen LogP contribution is 2.25. The Bertz CT molecular complexity index is 492. The Hall–Kier alpha value is -1.46. The number of carbonyl (C=O) groups excluding carboxylic acids is 1. The largest absolute Gasteiger partial charge is 0.409 e. The van der Waals surface area contributed by atoms with E-state index in [0.29, 0.717) is 17.0 Å². The van der Waals surface area contributed by atoms with Crippen LogP contribution in [0.25, 0.3) is 0 Å². The van der Waals surface area contributed by atoms with Crippen LogP contribution >= 0.6 is 23.2 Å². The molecule has 0 spiro atoms. The van der Waals surface area contributed by atoms with E-state index in [2.05, 4.69) is 10.5 Å². The first-order valence-electron chi connectivity index (χ1n) is 5.70. The molecule has 1 aromatic carbocycles. The first-order valence-corrected chi connectivity index (χ1v) is 6.46. The number of rotatable bonds is 5. The van der Waals surface area contributed by atoms with E-state index in [-0.39, 0.29) is 29.2 Å². The fraction of sp³-hybridized carbons (Fsp3) is 0.333. The number of benzene rings is 1. The smallest absolute Gasteiger partial charge is 0.253 e. The van der Waals surface area contributed by atoms with Crippen molar-refractivity contribution in [3.8, 4) is 0 Å². The first kappa shape index (κ1) is 15.6. The van der Waals surface area contributed by atoms with Gasteiger partial charge in [0.05, 0.1) is 15.6 Å². The molecule has 104 valence electrons. The summed E-state index contributed by atoms with van der Waals surface area (Å²) in [6.07, 6.45) is 0.900. The van der Waals surface area contributed by atoms with E-state index in [4.69, 9.17) is 34.1 Å². The maximum absolute atomic E-state index is 12.1. The molecular formula is C12H15Cl2N3O2. The van der Waals surface area contributed by atoms with Crippen LogP contribution in [0.5, 0.6) is 0 Å². The molecule has 0 aliphatic heterocycles. The average Bonchev–Trinajstić information content (AvgIpc) is 2.40. The molecule has 1 rings (SSSR count). The molecule has 0 aliphatic carbocycles. The molecule has 1 unspecified atom stereocenters. The minimum absolute atomic E-state index is 0.0596. The summed E-state index contributed by atoms with van der Waals surface area (Å²) >= 11 is 11.8. The van der Waals surface area contributed by atoms with E-state index in [1.165, 1.54) is 0 Å². The summed E-state index contributed by atoms with van der Waals surface area (Å²) in [6.45, 7) is 1.88. The van der Waals surface area contributed by atoms with E-state index in [9.17, 15) is 4.79 Å². The van der Waals surface area contributed by atoms with Crippen molar-refractivity contribution in [1.82, 2.24) is 5.32 Å². The van der Waals surface area contributed by atoms with Gasteiger partial charge in [-0.3, -0.25) is 4.79 Å². The lowest BCUT2D eigenvalue weighted by Crippen LogP contribution is -2.37. The van der Waals surface area contributed by atoms with Gasteiger partial charge in [0.25, 0.3) is 5.91 Å². The summed E-state index contributed by atoms with van der Waals surface area (Å²) in [6, 6.07) is 4.60. The number of amidine groups is 1. The molecular weight excluding hydrogens is 289 g/mol. The van der Waals surface area contributed by atoms with E-state index in [1.54, 1.807) is 18.2 Å². The number of halogens is 2. The third kappa shape index (κ3) is 4.29. The molecule has 5 nitrogen and oxygen atoms in total. The van der Waals surface area contributed by atoms with Crippen molar-refractivity contribution in [3.63, 3.8) is 0 Å². The molecule has 0 fully saturated rings. The molecule has 7 heteroatoms. The number of hydrogen-bond donors (Lipinski definition) is 3.